The third-order valence-corrected chi connectivity index (χ3v) is 4.57. The zero-order valence-electron chi connectivity index (χ0n) is 17.9. The van der Waals surface area contributed by atoms with Crippen molar-refractivity contribution in [2.24, 2.45) is 0 Å². The summed E-state index contributed by atoms with van der Waals surface area (Å²) < 4.78 is 15.3. The van der Waals surface area contributed by atoms with Gasteiger partial charge in [-0.25, -0.2) is 0 Å². The largest absolute Gasteiger partial charge is 0.493 e. The molecular formula is C20H30N2O8. The van der Waals surface area contributed by atoms with Crippen LogP contribution >= 0.6 is 0 Å². The van der Waals surface area contributed by atoms with Crippen molar-refractivity contribution in [3.05, 3.63) is 27.8 Å². The van der Waals surface area contributed by atoms with Crippen LogP contribution in [0, 0.1) is 10.1 Å². The van der Waals surface area contributed by atoms with Gasteiger partial charge in [0.05, 0.1) is 44.5 Å². The molecule has 168 valence electrons. The third-order valence-electron chi connectivity index (χ3n) is 4.57. The summed E-state index contributed by atoms with van der Waals surface area (Å²) in [5.74, 6) is -0.632. The summed E-state index contributed by atoms with van der Waals surface area (Å²) in [4.78, 5) is 36.3. The molecule has 0 aliphatic carbocycles. The van der Waals surface area contributed by atoms with E-state index in [0.29, 0.717) is 19.4 Å². The molecule has 10 nitrogen and oxygen atoms in total. The highest BCUT2D eigenvalue weighted by Crippen LogP contribution is 2.36. The number of carbonyl (C=O) groups is 2. The van der Waals surface area contributed by atoms with Gasteiger partial charge in [-0.2, -0.15) is 0 Å². The first kappa shape index (κ1) is 25.2. The molecule has 10 heteroatoms. The lowest BCUT2D eigenvalue weighted by Gasteiger charge is -2.23. The summed E-state index contributed by atoms with van der Waals surface area (Å²) in [5, 5.41) is 21.0. The number of aliphatic hydroxyl groups excluding tert-OH is 1. The van der Waals surface area contributed by atoms with Gasteiger partial charge in [-0.3, -0.25) is 19.7 Å². The van der Waals surface area contributed by atoms with E-state index in [9.17, 15) is 24.8 Å². The van der Waals surface area contributed by atoms with Gasteiger partial charge in [0.1, 0.15) is 5.56 Å². The molecule has 0 saturated carbocycles. The van der Waals surface area contributed by atoms with Crippen LogP contribution in [0.25, 0.3) is 0 Å². The van der Waals surface area contributed by atoms with E-state index in [1.54, 1.807) is 0 Å². The summed E-state index contributed by atoms with van der Waals surface area (Å²) in [6.45, 7) is 4.35. The summed E-state index contributed by atoms with van der Waals surface area (Å²) in [7, 11) is 2.65. The number of carbonyl (C=O) groups excluding carboxylic acids is 2. The van der Waals surface area contributed by atoms with E-state index in [2.05, 4.69) is 4.74 Å². The quantitative estimate of drug-likeness (QED) is 0.276. The Kier molecular flexibility index (Phi) is 10.6. The Labute approximate surface area is 175 Å². The monoisotopic (exact) mass is 426 g/mol. The van der Waals surface area contributed by atoms with Crippen molar-refractivity contribution in [2.45, 2.75) is 45.6 Å². The number of methoxy groups -OCH3 is 2. The fourth-order valence-corrected chi connectivity index (χ4v) is 3.09. The zero-order valence-corrected chi connectivity index (χ0v) is 17.9. The lowest BCUT2D eigenvalue weighted by molar-refractivity contribution is -0.385. The maximum Gasteiger partial charge on any atom is 0.305 e. The van der Waals surface area contributed by atoms with E-state index in [0.717, 1.165) is 12.5 Å². The molecule has 2 rings (SSSR count). The van der Waals surface area contributed by atoms with Crippen LogP contribution in [0.1, 0.15) is 49.9 Å². The van der Waals surface area contributed by atoms with Crippen LogP contribution in [-0.4, -0.2) is 66.8 Å². The number of amides is 1. The van der Waals surface area contributed by atoms with Gasteiger partial charge in [-0.15, -0.1) is 0 Å². The molecule has 1 atom stereocenters. The van der Waals surface area contributed by atoms with Crippen molar-refractivity contribution < 1.29 is 33.8 Å². The van der Waals surface area contributed by atoms with Gasteiger partial charge in [0, 0.05) is 19.0 Å². The first-order valence-electron chi connectivity index (χ1n) is 9.90. The Morgan fingerprint density at radius 3 is 2.53 bits per heavy atom. The number of esters is 1. The average Bonchev–Trinajstić information content (AvgIpc) is 3.25. The molecule has 1 heterocycles. The Morgan fingerprint density at radius 2 is 1.97 bits per heavy atom. The minimum atomic E-state index is -0.655. The number of benzene rings is 1. The molecular weight excluding hydrogens is 396 g/mol. The summed E-state index contributed by atoms with van der Waals surface area (Å²) in [5.41, 5.74) is -0.526. The summed E-state index contributed by atoms with van der Waals surface area (Å²) in [6, 6.07) is 2.07. The van der Waals surface area contributed by atoms with E-state index >= 15 is 0 Å². The van der Waals surface area contributed by atoms with Gasteiger partial charge in [-0.1, -0.05) is 13.8 Å². The van der Waals surface area contributed by atoms with Crippen LogP contribution in [0.4, 0.5) is 5.69 Å². The second-order valence-electron chi connectivity index (χ2n) is 6.28. The molecule has 1 amide bonds. The number of likely N-dealkylation sites (tertiary alicyclic amines) is 1. The highest BCUT2D eigenvalue weighted by Gasteiger charge is 2.33. The molecule has 1 aliphatic rings. The summed E-state index contributed by atoms with van der Waals surface area (Å²) in [6.07, 6.45) is 1.88. The minimum Gasteiger partial charge on any atom is -0.493 e. The number of nitrogens with zero attached hydrogens (tertiary/aromatic N) is 2. The van der Waals surface area contributed by atoms with Gasteiger partial charge in [-0.05, 0) is 19.3 Å². The standard InChI is InChI=1S/C18H24N2O8.C2H6/c1-26-15-9-13(18(23)19-7-3-5-12(19)11-21)14(20(24)25)10-16(15)28-8-4-6-17(22)27-2;1-2/h9-10,12,21H,3-8,11H2,1-2H3;1-2H3. The van der Waals surface area contributed by atoms with Gasteiger partial charge >= 0.3 is 5.97 Å². The van der Waals surface area contributed by atoms with Gasteiger partial charge in [0.25, 0.3) is 11.6 Å². The highest BCUT2D eigenvalue weighted by atomic mass is 16.6. The second kappa shape index (κ2) is 12.6. The number of hydrogen-bond donors (Lipinski definition) is 1. The maximum absolute atomic E-state index is 12.9. The maximum atomic E-state index is 12.9. The lowest BCUT2D eigenvalue weighted by atomic mass is 10.1. The molecule has 1 aromatic carbocycles. The molecule has 0 aromatic heterocycles. The molecule has 0 spiro atoms. The normalized spacial score (nSPS) is 15.1. The first-order chi connectivity index (χ1) is 14.4. The number of hydrogen-bond acceptors (Lipinski definition) is 8. The van der Waals surface area contributed by atoms with E-state index in [-0.39, 0.29) is 48.7 Å². The molecule has 1 N–H and O–H groups in total. The van der Waals surface area contributed by atoms with Crippen molar-refractivity contribution in [1.82, 2.24) is 4.90 Å². The highest BCUT2D eigenvalue weighted by molar-refractivity contribution is 5.99. The van der Waals surface area contributed by atoms with Gasteiger partial charge in [0.2, 0.25) is 0 Å². The molecule has 1 fully saturated rings. The molecule has 1 unspecified atom stereocenters. The van der Waals surface area contributed by atoms with Crippen LogP contribution in [0.15, 0.2) is 12.1 Å². The fourth-order valence-electron chi connectivity index (χ4n) is 3.09. The van der Waals surface area contributed by atoms with E-state index in [1.165, 1.54) is 25.2 Å². The minimum absolute atomic E-state index is 0.107. The number of ether oxygens (including phenoxy) is 3. The Hall–Kier alpha value is -2.88. The van der Waals surface area contributed by atoms with Crippen molar-refractivity contribution >= 4 is 17.6 Å². The van der Waals surface area contributed by atoms with Crippen LogP contribution in [0.3, 0.4) is 0 Å². The van der Waals surface area contributed by atoms with Crippen molar-refractivity contribution in [3.63, 3.8) is 0 Å². The van der Waals surface area contributed by atoms with Gasteiger partial charge < -0.3 is 24.2 Å². The SMILES string of the molecule is CC.COC(=O)CCCOc1cc([N+](=O)[O-])c(C(=O)N2CCCC2CO)cc1OC. The van der Waals surface area contributed by atoms with Crippen molar-refractivity contribution in [2.75, 3.05) is 34.0 Å². The topological polar surface area (TPSA) is 128 Å². The Morgan fingerprint density at radius 1 is 1.27 bits per heavy atom. The molecule has 1 aromatic rings. The van der Waals surface area contributed by atoms with Crippen LogP contribution < -0.4 is 9.47 Å². The fraction of sp³-hybridized carbons (Fsp3) is 0.600. The third kappa shape index (κ3) is 6.31. The summed E-state index contributed by atoms with van der Waals surface area (Å²) >= 11 is 0. The van der Waals surface area contributed by atoms with E-state index in [4.69, 9.17) is 9.47 Å². The molecule has 0 radical (unpaired) electrons. The molecule has 30 heavy (non-hydrogen) atoms. The second-order valence-corrected chi connectivity index (χ2v) is 6.28. The predicted octanol–water partition coefficient (Wildman–Crippen LogP) is 2.56. The van der Waals surface area contributed by atoms with Crippen molar-refractivity contribution in [1.29, 1.82) is 0 Å². The molecule has 1 saturated heterocycles. The number of nitro benzene ring substituents is 1. The predicted molar refractivity (Wildman–Crippen MR) is 109 cm³/mol. The van der Waals surface area contributed by atoms with Crippen LogP contribution in [-0.2, 0) is 9.53 Å². The Bertz CT molecular complexity index is 738. The van der Waals surface area contributed by atoms with Gasteiger partial charge in [0.15, 0.2) is 11.5 Å². The van der Waals surface area contributed by atoms with Crippen molar-refractivity contribution in [3.8, 4) is 11.5 Å². The Balaban J connectivity index is 0.00000218. The molecule has 1 aliphatic heterocycles. The van der Waals surface area contributed by atoms with E-state index < -0.39 is 16.5 Å². The number of aliphatic hydroxyl groups is 1. The van der Waals surface area contributed by atoms with Crippen LogP contribution in [0.5, 0.6) is 11.5 Å². The lowest BCUT2D eigenvalue weighted by Crippen LogP contribution is -2.37. The van der Waals surface area contributed by atoms with E-state index in [1.807, 2.05) is 13.8 Å². The molecule has 0 bridgehead atoms. The zero-order chi connectivity index (χ0) is 22.7. The van der Waals surface area contributed by atoms with Crippen LogP contribution in [0.2, 0.25) is 0 Å². The number of nitro groups is 1. The first-order valence-corrected chi connectivity index (χ1v) is 9.90. The smallest absolute Gasteiger partial charge is 0.305 e. The average molecular weight is 426 g/mol. The number of rotatable bonds is 9.